The first-order valence-electron chi connectivity index (χ1n) is 7.98. The minimum atomic E-state index is 0.204. The Morgan fingerprint density at radius 2 is 2.22 bits per heavy atom. The third kappa shape index (κ3) is 4.16. The molecule has 1 unspecified atom stereocenters. The molecule has 0 aromatic carbocycles. The van der Waals surface area contributed by atoms with Gasteiger partial charge in [0, 0.05) is 33.4 Å². The third-order valence-electron chi connectivity index (χ3n) is 3.96. The maximum atomic E-state index is 6.04. The molecule has 122 valence electrons. The topological polar surface area (TPSA) is 54.4 Å². The fourth-order valence-corrected chi connectivity index (χ4v) is 2.68. The van der Waals surface area contributed by atoms with Crippen LogP contribution in [-0.4, -0.2) is 48.2 Å². The molecule has 3 rings (SSSR count). The highest BCUT2D eigenvalue weighted by molar-refractivity contribution is 5.45. The number of piperidine rings is 1. The van der Waals surface area contributed by atoms with Crippen LogP contribution in [0.5, 0.6) is 0 Å². The van der Waals surface area contributed by atoms with Crippen molar-refractivity contribution < 1.29 is 4.74 Å². The Balaban J connectivity index is 1.60. The standard InChI is InChI=1S/C17H23N5O/c1-21(2)16-10-18-11-17(20-16)22-9-5-7-15(12-22)23-13-14-6-3-4-8-19-14/h3-4,6,8,10-11,15H,5,7,9,12-13H2,1-2H3. The molecule has 0 spiro atoms. The predicted octanol–water partition coefficient (Wildman–Crippen LogP) is 2.12. The fraction of sp³-hybridized carbons (Fsp3) is 0.471. The van der Waals surface area contributed by atoms with Crippen LogP contribution >= 0.6 is 0 Å². The largest absolute Gasteiger partial charge is 0.370 e. The lowest BCUT2D eigenvalue weighted by atomic mass is 10.1. The van der Waals surface area contributed by atoms with E-state index >= 15 is 0 Å². The van der Waals surface area contributed by atoms with Crippen LogP contribution in [0.1, 0.15) is 18.5 Å². The van der Waals surface area contributed by atoms with Crippen LogP contribution in [0.15, 0.2) is 36.8 Å². The van der Waals surface area contributed by atoms with Crippen molar-refractivity contribution >= 4 is 11.6 Å². The van der Waals surface area contributed by atoms with E-state index in [1.807, 2.05) is 43.4 Å². The Morgan fingerprint density at radius 1 is 1.30 bits per heavy atom. The lowest BCUT2D eigenvalue weighted by Crippen LogP contribution is -2.40. The highest BCUT2D eigenvalue weighted by atomic mass is 16.5. The van der Waals surface area contributed by atoms with Gasteiger partial charge in [0.1, 0.15) is 11.6 Å². The molecule has 0 saturated carbocycles. The maximum absolute atomic E-state index is 6.04. The first kappa shape index (κ1) is 15.7. The van der Waals surface area contributed by atoms with Crippen molar-refractivity contribution in [2.75, 3.05) is 37.0 Å². The number of hydrogen-bond acceptors (Lipinski definition) is 6. The van der Waals surface area contributed by atoms with Gasteiger partial charge in [0.2, 0.25) is 0 Å². The summed E-state index contributed by atoms with van der Waals surface area (Å²) in [4.78, 5) is 17.5. The molecule has 0 amide bonds. The SMILES string of the molecule is CN(C)c1cncc(N2CCCC(OCc3ccccn3)C2)n1. The zero-order chi connectivity index (χ0) is 16.1. The minimum absolute atomic E-state index is 0.204. The zero-order valence-electron chi connectivity index (χ0n) is 13.7. The van der Waals surface area contributed by atoms with Gasteiger partial charge < -0.3 is 14.5 Å². The van der Waals surface area contributed by atoms with Crippen molar-refractivity contribution in [2.45, 2.75) is 25.6 Å². The second kappa shape index (κ2) is 7.37. The highest BCUT2D eigenvalue weighted by Crippen LogP contribution is 2.21. The van der Waals surface area contributed by atoms with Crippen LogP contribution in [0.4, 0.5) is 11.6 Å². The molecule has 23 heavy (non-hydrogen) atoms. The second-order valence-corrected chi connectivity index (χ2v) is 5.97. The number of ether oxygens (including phenoxy) is 1. The number of rotatable bonds is 5. The summed E-state index contributed by atoms with van der Waals surface area (Å²) in [7, 11) is 3.95. The van der Waals surface area contributed by atoms with Crippen molar-refractivity contribution in [3.05, 3.63) is 42.5 Å². The van der Waals surface area contributed by atoms with Crippen molar-refractivity contribution in [3.63, 3.8) is 0 Å². The number of aromatic nitrogens is 3. The molecule has 0 N–H and O–H groups in total. The average molecular weight is 313 g/mol. The molecule has 0 radical (unpaired) electrons. The van der Waals surface area contributed by atoms with Gasteiger partial charge in [0.05, 0.1) is 30.8 Å². The molecule has 3 heterocycles. The van der Waals surface area contributed by atoms with Gasteiger partial charge in [-0.05, 0) is 25.0 Å². The molecule has 0 bridgehead atoms. The van der Waals surface area contributed by atoms with Gasteiger partial charge in [0.15, 0.2) is 0 Å². The van der Waals surface area contributed by atoms with Crippen molar-refractivity contribution in [1.82, 2.24) is 15.0 Å². The van der Waals surface area contributed by atoms with Crippen LogP contribution in [0.3, 0.4) is 0 Å². The Labute approximate surface area is 137 Å². The molecule has 1 aliphatic rings. The summed E-state index contributed by atoms with van der Waals surface area (Å²) in [6.07, 6.45) is 7.78. The molecular weight excluding hydrogens is 290 g/mol. The third-order valence-corrected chi connectivity index (χ3v) is 3.96. The summed E-state index contributed by atoms with van der Waals surface area (Å²) in [5, 5.41) is 0. The molecule has 1 aliphatic heterocycles. The summed E-state index contributed by atoms with van der Waals surface area (Å²) in [5.41, 5.74) is 0.971. The Kier molecular flexibility index (Phi) is 5.02. The van der Waals surface area contributed by atoms with Crippen molar-refractivity contribution in [3.8, 4) is 0 Å². The Bertz CT molecular complexity index is 619. The summed E-state index contributed by atoms with van der Waals surface area (Å²) in [5.74, 6) is 1.79. The Morgan fingerprint density at radius 3 is 3.00 bits per heavy atom. The van der Waals surface area contributed by atoms with E-state index in [0.29, 0.717) is 6.61 Å². The first-order valence-corrected chi connectivity index (χ1v) is 7.98. The van der Waals surface area contributed by atoms with Gasteiger partial charge in [-0.15, -0.1) is 0 Å². The quantitative estimate of drug-likeness (QED) is 0.843. The lowest BCUT2D eigenvalue weighted by Gasteiger charge is -2.33. The van der Waals surface area contributed by atoms with Crippen LogP contribution in [0, 0.1) is 0 Å². The molecule has 1 fully saturated rings. The first-order chi connectivity index (χ1) is 11.2. The predicted molar refractivity (Wildman–Crippen MR) is 90.6 cm³/mol. The number of hydrogen-bond donors (Lipinski definition) is 0. The zero-order valence-corrected chi connectivity index (χ0v) is 13.7. The second-order valence-electron chi connectivity index (χ2n) is 5.97. The number of nitrogens with zero attached hydrogens (tertiary/aromatic N) is 5. The number of pyridine rings is 1. The van der Waals surface area contributed by atoms with Crippen molar-refractivity contribution in [1.29, 1.82) is 0 Å². The van der Waals surface area contributed by atoms with Gasteiger partial charge in [0.25, 0.3) is 0 Å². The van der Waals surface area contributed by atoms with Gasteiger partial charge >= 0.3 is 0 Å². The van der Waals surface area contributed by atoms with Crippen molar-refractivity contribution in [2.24, 2.45) is 0 Å². The molecule has 2 aromatic heterocycles. The van der Waals surface area contributed by atoms with E-state index in [1.165, 1.54) is 0 Å². The summed E-state index contributed by atoms with van der Waals surface area (Å²) < 4.78 is 6.04. The average Bonchev–Trinajstić information content (AvgIpc) is 2.61. The van der Waals surface area contributed by atoms with E-state index in [4.69, 9.17) is 4.74 Å². The molecule has 0 aliphatic carbocycles. The lowest BCUT2D eigenvalue weighted by molar-refractivity contribution is 0.0297. The summed E-state index contributed by atoms with van der Waals surface area (Å²) >= 11 is 0. The fourth-order valence-electron chi connectivity index (χ4n) is 2.68. The van der Waals surface area contributed by atoms with Crippen LogP contribution in [0.25, 0.3) is 0 Å². The van der Waals surface area contributed by atoms with Crippen LogP contribution in [0.2, 0.25) is 0 Å². The van der Waals surface area contributed by atoms with E-state index in [2.05, 4.69) is 19.9 Å². The minimum Gasteiger partial charge on any atom is -0.370 e. The molecule has 1 atom stereocenters. The summed E-state index contributed by atoms with van der Waals surface area (Å²) in [6, 6.07) is 5.90. The molecule has 2 aromatic rings. The molecule has 1 saturated heterocycles. The van der Waals surface area contributed by atoms with E-state index < -0.39 is 0 Å². The smallest absolute Gasteiger partial charge is 0.149 e. The van der Waals surface area contributed by atoms with E-state index in [0.717, 1.165) is 43.3 Å². The monoisotopic (exact) mass is 313 g/mol. The Hall–Kier alpha value is -2.21. The van der Waals surface area contributed by atoms with Gasteiger partial charge in [-0.3, -0.25) is 9.97 Å². The molecular formula is C17H23N5O. The maximum Gasteiger partial charge on any atom is 0.149 e. The van der Waals surface area contributed by atoms with Gasteiger partial charge in [-0.1, -0.05) is 6.07 Å². The molecule has 6 heteroatoms. The number of anilines is 2. The van der Waals surface area contributed by atoms with Gasteiger partial charge in [-0.25, -0.2) is 4.98 Å². The van der Waals surface area contributed by atoms with Crippen LogP contribution in [-0.2, 0) is 11.3 Å². The highest BCUT2D eigenvalue weighted by Gasteiger charge is 2.22. The van der Waals surface area contributed by atoms with Crippen LogP contribution < -0.4 is 9.80 Å². The normalized spacial score (nSPS) is 18.0. The van der Waals surface area contributed by atoms with E-state index in [9.17, 15) is 0 Å². The van der Waals surface area contributed by atoms with E-state index in [1.54, 1.807) is 12.4 Å². The van der Waals surface area contributed by atoms with Gasteiger partial charge in [-0.2, -0.15) is 0 Å². The summed E-state index contributed by atoms with van der Waals surface area (Å²) in [6.45, 7) is 2.40. The van der Waals surface area contributed by atoms with E-state index in [-0.39, 0.29) is 6.10 Å². The molecule has 6 nitrogen and oxygen atoms in total.